The maximum absolute atomic E-state index is 11.3. The van der Waals surface area contributed by atoms with E-state index in [9.17, 15) is 9.90 Å². The topological polar surface area (TPSA) is 81.8 Å². The van der Waals surface area contributed by atoms with Crippen LogP contribution in [0.4, 0.5) is 5.69 Å². The van der Waals surface area contributed by atoms with E-state index in [0.29, 0.717) is 23.6 Å². The van der Waals surface area contributed by atoms with Crippen molar-refractivity contribution in [2.75, 3.05) is 20.0 Å². The summed E-state index contributed by atoms with van der Waals surface area (Å²) in [6.07, 6.45) is 0.644. The molecule has 5 nitrogen and oxygen atoms in total. The van der Waals surface area contributed by atoms with Crippen LogP contribution in [0, 0.1) is 0 Å². The van der Waals surface area contributed by atoms with Crippen LogP contribution in [-0.4, -0.2) is 25.3 Å². The van der Waals surface area contributed by atoms with Crippen molar-refractivity contribution in [1.82, 2.24) is 0 Å². The molecule has 0 saturated carbocycles. The molecule has 112 valence electrons. The molecule has 0 aliphatic rings. The van der Waals surface area contributed by atoms with Crippen LogP contribution in [0.1, 0.15) is 22.2 Å². The van der Waals surface area contributed by atoms with Crippen molar-refractivity contribution < 1.29 is 19.4 Å². The highest BCUT2D eigenvalue weighted by molar-refractivity contribution is 7.18. The molecule has 1 aromatic heterocycles. The summed E-state index contributed by atoms with van der Waals surface area (Å²) in [6, 6.07) is 5.42. The van der Waals surface area contributed by atoms with Crippen molar-refractivity contribution in [3.63, 3.8) is 0 Å². The smallest absolute Gasteiger partial charge is 0.348 e. The normalized spacial score (nSPS) is 10.4. The lowest BCUT2D eigenvalue weighted by Gasteiger charge is -2.10. The van der Waals surface area contributed by atoms with Gasteiger partial charge in [-0.25, -0.2) is 4.79 Å². The molecule has 1 heterocycles. The van der Waals surface area contributed by atoms with E-state index in [-0.39, 0.29) is 4.88 Å². The molecule has 2 rings (SSSR count). The number of methoxy groups -OCH3 is 2. The first-order chi connectivity index (χ1) is 10.0. The van der Waals surface area contributed by atoms with Gasteiger partial charge in [0, 0.05) is 10.4 Å². The highest BCUT2D eigenvalue weighted by Crippen LogP contribution is 2.43. The Morgan fingerprint density at radius 3 is 2.57 bits per heavy atom. The fraction of sp³-hybridized carbons (Fsp3) is 0.267. The minimum absolute atomic E-state index is 0.159. The van der Waals surface area contributed by atoms with E-state index in [2.05, 4.69) is 0 Å². The van der Waals surface area contributed by atoms with Crippen molar-refractivity contribution >= 4 is 23.0 Å². The van der Waals surface area contributed by atoms with Gasteiger partial charge >= 0.3 is 5.97 Å². The molecular weight excluding hydrogens is 290 g/mol. The molecule has 0 saturated heterocycles. The van der Waals surface area contributed by atoms with Gasteiger partial charge in [0.05, 0.1) is 19.9 Å². The lowest BCUT2D eigenvalue weighted by Crippen LogP contribution is -1.99. The van der Waals surface area contributed by atoms with Gasteiger partial charge < -0.3 is 20.3 Å². The maximum Gasteiger partial charge on any atom is 0.348 e. The number of nitrogen functional groups attached to an aromatic ring is 1. The minimum Gasteiger partial charge on any atom is -0.497 e. The maximum atomic E-state index is 11.3. The Morgan fingerprint density at radius 2 is 2.05 bits per heavy atom. The number of ether oxygens (including phenoxy) is 2. The molecule has 3 N–H and O–H groups in total. The Kier molecular flexibility index (Phi) is 4.37. The van der Waals surface area contributed by atoms with Crippen LogP contribution >= 0.6 is 11.3 Å². The summed E-state index contributed by atoms with van der Waals surface area (Å²) < 4.78 is 10.6. The Hall–Kier alpha value is -2.21. The number of carbonyl (C=O) groups is 1. The average molecular weight is 307 g/mol. The van der Waals surface area contributed by atoms with Gasteiger partial charge in [-0.05, 0) is 30.2 Å². The first-order valence-corrected chi connectivity index (χ1v) is 7.21. The van der Waals surface area contributed by atoms with Crippen molar-refractivity contribution in [2.45, 2.75) is 13.3 Å². The molecule has 0 radical (unpaired) electrons. The largest absolute Gasteiger partial charge is 0.497 e. The quantitative estimate of drug-likeness (QED) is 0.886. The summed E-state index contributed by atoms with van der Waals surface area (Å²) in [5, 5.41) is 9.25. The Morgan fingerprint density at radius 1 is 1.33 bits per heavy atom. The van der Waals surface area contributed by atoms with Crippen molar-refractivity contribution in [2.24, 2.45) is 0 Å². The van der Waals surface area contributed by atoms with E-state index in [0.717, 1.165) is 27.3 Å². The second-order valence-corrected chi connectivity index (χ2v) is 5.40. The third kappa shape index (κ3) is 2.67. The van der Waals surface area contributed by atoms with E-state index in [4.69, 9.17) is 15.2 Å². The van der Waals surface area contributed by atoms with Gasteiger partial charge in [0.15, 0.2) is 0 Å². The van der Waals surface area contributed by atoms with E-state index in [1.807, 2.05) is 13.0 Å². The van der Waals surface area contributed by atoms with Crippen LogP contribution in [0.25, 0.3) is 10.4 Å². The monoisotopic (exact) mass is 307 g/mol. The van der Waals surface area contributed by atoms with Gasteiger partial charge in [0.25, 0.3) is 0 Å². The van der Waals surface area contributed by atoms with E-state index >= 15 is 0 Å². The Labute approximate surface area is 126 Å². The number of rotatable bonds is 5. The first-order valence-electron chi connectivity index (χ1n) is 6.40. The SMILES string of the molecule is CCc1c(-c2cc(OC)ccc2OC)sc(C(=O)O)c1N. The molecule has 0 fully saturated rings. The van der Waals surface area contributed by atoms with Crippen molar-refractivity contribution in [1.29, 1.82) is 0 Å². The van der Waals surface area contributed by atoms with Gasteiger partial charge in [0.1, 0.15) is 16.4 Å². The van der Waals surface area contributed by atoms with Crippen LogP contribution in [-0.2, 0) is 6.42 Å². The highest BCUT2D eigenvalue weighted by atomic mass is 32.1. The zero-order valence-electron chi connectivity index (χ0n) is 12.1. The number of aromatic carboxylic acids is 1. The standard InChI is InChI=1S/C15H17NO4S/c1-4-9-12(16)14(15(17)18)21-13(9)10-7-8(19-2)5-6-11(10)20-3/h5-7H,4,16H2,1-3H3,(H,17,18). The van der Waals surface area contributed by atoms with Crippen LogP contribution in [0.2, 0.25) is 0 Å². The molecule has 1 aromatic carbocycles. The van der Waals surface area contributed by atoms with E-state index in [1.54, 1.807) is 26.4 Å². The molecule has 0 unspecified atom stereocenters. The predicted octanol–water partition coefficient (Wildman–Crippen LogP) is 3.28. The first kappa shape index (κ1) is 15.2. The fourth-order valence-electron chi connectivity index (χ4n) is 2.20. The van der Waals surface area contributed by atoms with Gasteiger partial charge in [-0.2, -0.15) is 0 Å². The van der Waals surface area contributed by atoms with Crippen LogP contribution < -0.4 is 15.2 Å². The summed E-state index contributed by atoms with van der Waals surface area (Å²) in [5.74, 6) is 0.320. The number of carboxylic acids is 1. The van der Waals surface area contributed by atoms with Gasteiger partial charge in [0.2, 0.25) is 0 Å². The van der Waals surface area contributed by atoms with Crippen molar-refractivity contribution in [3.8, 4) is 21.9 Å². The number of hydrogen-bond donors (Lipinski definition) is 2. The summed E-state index contributed by atoms with van der Waals surface area (Å²) in [7, 11) is 3.16. The zero-order chi connectivity index (χ0) is 15.6. The van der Waals surface area contributed by atoms with E-state index < -0.39 is 5.97 Å². The number of hydrogen-bond acceptors (Lipinski definition) is 5. The minimum atomic E-state index is -1.01. The predicted molar refractivity (Wildman–Crippen MR) is 83.6 cm³/mol. The molecular formula is C15H17NO4S. The number of carboxylic acid groups (broad SMARTS) is 1. The van der Waals surface area contributed by atoms with Gasteiger partial charge in [-0.15, -0.1) is 11.3 Å². The average Bonchev–Trinajstić information content (AvgIpc) is 2.83. The van der Waals surface area contributed by atoms with Gasteiger partial charge in [-0.3, -0.25) is 0 Å². The molecule has 6 heteroatoms. The molecule has 0 aliphatic heterocycles. The molecule has 0 aliphatic carbocycles. The van der Waals surface area contributed by atoms with E-state index in [1.165, 1.54) is 0 Å². The lowest BCUT2D eigenvalue weighted by molar-refractivity contribution is 0.0703. The summed E-state index contributed by atoms with van der Waals surface area (Å²) in [4.78, 5) is 12.3. The summed E-state index contributed by atoms with van der Waals surface area (Å²) in [5.41, 5.74) is 7.91. The second-order valence-electron chi connectivity index (χ2n) is 4.38. The molecule has 0 bridgehead atoms. The Bertz CT molecular complexity index is 679. The fourth-order valence-corrected chi connectivity index (χ4v) is 3.37. The number of anilines is 1. The number of benzene rings is 1. The highest BCUT2D eigenvalue weighted by Gasteiger charge is 2.22. The third-order valence-corrected chi connectivity index (χ3v) is 4.52. The molecule has 2 aromatic rings. The van der Waals surface area contributed by atoms with Crippen LogP contribution in [0.15, 0.2) is 18.2 Å². The molecule has 0 spiro atoms. The zero-order valence-corrected chi connectivity index (χ0v) is 12.9. The molecule has 0 atom stereocenters. The summed E-state index contributed by atoms with van der Waals surface area (Å²) in [6.45, 7) is 1.94. The number of thiophene rings is 1. The lowest BCUT2D eigenvalue weighted by atomic mass is 10.0. The number of nitrogens with two attached hydrogens (primary N) is 1. The van der Waals surface area contributed by atoms with Crippen LogP contribution in [0.5, 0.6) is 11.5 Å². The molecule has 0 amide bonds. The van der Waals surface area contributed by atoms with Gasteiger partial charge in [-0.1, -0.05) is 6.92 Å². The summed E-state index contributed by atoms with van der Waals surface area (Å²) >= 11 is 1.16. The third-order valence-electron chi connectivity index (χ3n) is 3.25. The van der Waals surface area contributed by atoms with Crippen LogP contribution in [0.3, 0.4) is 0 Å². The Balaban J connectivity index is 2.71. The second kappa shape index (κ2) is 6.05. The van der Waals surface area contributed by atoms with Crippen molar-refractivity contribution in [3.05, 3.63) is 28.6 Å². The molecule has 21 heavy (non-hydrogen) atoms.